The molecule has 0 spiro atoms. The molecular formula is C9H12N4O. The molecule has 0 aromatic carbocycles. The Morgan fingerprint density at radius 3 is 2.86 bits per heavy atom. The van der Waals surface area contributed by atoms with Gasteiger partial charge in [-0.2, -0.15) is 0 Å². The van der Waals surface area contributed by atoms with Gasteiger partial charge in [0.05, 0.1) is 11.9 Å². The zero-order valence-electron chi connectivity index (χ0n) is 7.73. The fraction of sp³-hybridized carbons (Fsp3) is 0.333. The van der Waals surface area contributed by atoms with Crippen LogP contribution in [-0.4, -0.2) is 17.4 Å². The van der Waals surface area contributed by atoms with E-state index in [1.807, 2.05) is 6.07 Å². The van der Waals surface area contributed by atoms with Crippen molar-refractivity contribution in [2.45, 2.75) is 12.8 Å². The summed E-state index contributed by atoms with van der Waals surface area (Å²) < 4.78 is 0. The molecule has 5 heteroatoms. The zero-order valence-corrected chi connectivity index (χ0v) is 7.73. The topological polar surface area (TPSA) is 71.2 Å². The molecule has 1 aromatic heterocycles. The van der Waals surface area contributed by atoms with Crippen molar-refractivity contribution < 1.29 is 4.79 Å². The first-order chi connectivity index (χ1) is 6.81. The lowest BCUT2D eigenvalue weighted by atomic mass is 10.3. The highest BCUT2D eigenvalue weighted by atomic mass is 16.2. The molecule has 1 saturated heterocycles. The lowest BCUT2D eigenvalue weighted by Gasteiger charge is -2.14. The van der Waals surface area contributed by atoms with Crippen molar-refractivity contribution in [1.29, 1.82) is 0 Å². The highest BCUT2D eigenvalue weighted by molar-refractivity contribution is 5.95. The van der Waals surface area contributed by atoms with Gasteiger partial charge in [0.25, 0.3) is 0 Å². The van der Waals surface area contributed by atoms with Gasteiger partial charge in [-0.15, -0.1) is 0 Å². The number of nitrogens with one attached hydrogen (secondary N) is 1. The van der Waals surface area contributed by atoms with Crippen LogP contribution >= 0.6 is 0 Å². The van der Waals surface area contributed by atoms with Gasteiger partial charge in [-0.1, -0.05) is 0 Å². The van der Waals surface area contributed by atoms with Gasteiger partial charge in [0.15, 0.2) is 0 Å². The molecule has 0 atom stereocenters. The average molecular weight is 192 g/mol. The standard InChI is InChI=1S/C9H12N4O/c10-12-8-4-3-7(6-11-8)13-5-1-2-9(13)14/h3-4,6H,1-2,5,10H2,(H,11,12). The van der Waals surface area contributed by atoms with Gasteiger partial charge >= 0.3 is 0 Å². The van der Waals surface area contributed by atoms with Crippen molar-refractivity contribution in [1.82, 2.24) is 4.98 Å². The zero-order chi connectivity index (χ0) is 9.97. The smallest absolute Gasteiger partial charge is 0.227 e. The lowest BCUT2D eigenvalue weighted by Crippen LogP contribution is -2.23. The molecule has 1 fully saturated rings. The van der Waals surface area contributed by atoms with Crippen LogP contribution in [0.2, 0.25) is 0 Å². The van der Waals surface area contributed by atoms with E-state index in [9.17, 15) is 4.79 Å². The molecule has 1 aliphatic heterocycles. The number of carbonyl (C=O) groups is 1. The molecule has 0 saturated carbocycles. The van der Waals surface area contributed by atoms with Gasteiger partial charge < -0.3 is 10.3 Å². The predicted octanol–water partition coefficient (Wildman–Crippen LogP) is 0.494. The second-order valence-electron chi connectivity index (χ2n) is 3.19. The van der Waals surface area contributed by atoms with Crippen LogP contribution < -0.4 is 16.2 Å². The number of hydrazine groups is 1. The first-order valence-corrected chi connectivity index (χ1v) is 4.54. The normalized spacial score (nSPS) is 16.1. The van der Waals surface area contributed by atoms with Crippen molar-refractivity contribution in [2.75, 3.05) is 16.9 Å². The summed E-state index contributed by atoms with van der Waals surface area (Å²) in [5.41, 5.74) is 3.28. The largest absolute Gasteiger partial charge is 0.311 e. The number of nitrogen functional groups attached to an aromatic ring is 1. The number of aromatic nitrogens is 1. The van der Waals surface area contributed by atoms with Crippen molar-refractivity contribution in [3.8, 4) is 0 Å². The predicted molar refractivity (Wildman–Crippen MR) is 53.6 cm³/mol. The number of nitrogens with zero attached hydrogens (tertiary/aromatic N) is 2. The summed E-state index contributed by atoms with van der Waals surface area (Å²) in [5.74, 6) is 5.95. The minimum Gasteiger partial charge on any atom is -0.311 e. The summed E-state index contributed by atoms with van der Waals surface area (Å²) in [6.45, 7) is 0.788. The molecule has 5 nitrogen and oxygen atoms in total. The van der Waals surface area contributed by atoms with E-state index in [-0.39, 0.29) is 5.91 Å². The van der Waals surface area contributed by atoms with Crippen LogP contribution in [0.1, 0.15) is 12.8 Å². The number of anilines is 2. The fourth-order valence-corrected chi connectivity index (χ4v) is 1.55. The maximum absolute atomic E-state index is 11.4. The summed E-state index contributed by atoms with van der Waals surface area (Å²) in [4.78, 5) is 17.2. The fourth-order valence-electron chi connectivity index (χ4n) is 1.55. The van der Waals surface area contributed by atoms with Gasteiger partial charge in [0.1, 0.15) is 5.82 Å². The Hall–Kier alpha value is -1.62. The van der Waals surface area contributed by atoms with E-state index in [2.05, 4.69) is 10.4 Å². The monoisotopic (exact) mass is 192 g/mol. The molecule has 2 heterocycles. The molecule has 1 amide bonds. The number of rotatable bonds is 2. The van der Waals surface area contributed by atoms with E-state index in [0.717, 1.165) is 18.7 Å². The van der Waals surface area contributed by atoms with Crippen molar-refractivity contribution in [3.05, 3.63) is 18.3 Å². The van der Waals surface area contributed by atoms with Crippen LogP contribution in [-0.2, 0) is 4.79 Å². The maximum atomic E-state index is 11.4. The van der Waals surface area contributed by atoms with E-state index < -0.39 is 0 Å². The number of nitrogens with two attached hydrogens (primary N) is 1. The van der Waals surface area contributed by atoms with E-state index in [1.165, 1.54) is 0 Å². The summed E-state index contributed by atoms with van der Waals surface area (Å²) in [5, 5.41) is 0. The van der Waals surface area contributed by atoms with Crippen molar-refractivity contribution in [3.63, 3.8) is 0 Å². The summed E-state index contributed by atoms with van der Waals surface area (Å²) >= 11 is 0. The Labute approximate surface area is 81.9 Å². The number of hydrogen-bond acceptors (Lipinski definition) is 4. The number of pyridine rings is 1. The molecule has 0 aliphatic carbocycles. The second-order valence-corrected chi connectivity index (χ2v) is 3.19. The molecule has 0 bridgehead atoms. The van der Waals surface area contributed by atoms with Crippen LogP contribution in [0.25, 0.3) is 0 Å². The second kappa shape index (κ2) is 3.63. The third kappa shape index (κ3) is 1.54. The first-order valence-electron chi connectivity index (χ1n) is 4.54. The van der Waals surface area contributed by atoms with Gasteiger partial charge in [0.2, 0.25) is 5.91 Å². The molecule has 0 radical (unpaired) electrons. The van der Waals surface area contributed by atoms with Crippen molar-refractivity contribution in [2.24, 2.45) is 5.84 Å². The number of hydrogen-bond donors (Lipinski definition) is 2. The molecule has 0 unspecified atom stereocenters. The Balaban J connectivity index is 2.20. The van der Waals surface area contributed by atoms with Crippen molar-refractivity contribution >= 4 is 17.4 Å². The Bertz CT molecular complexity index is 335. The minimum atomic E-state index is 0.167. The Morgan fingerprint density at radius 1 is 1.50 bits per heavy atom. The first kappa shape index (κ1) is 8.96. The molecule has 1 aromatic rings. The van der Waals surface area contributed by atoms with Crippen LogP contribution in [0.5, 0.6) is 0 Å². The Morgan fingerprint density at radius 2 is 2.36 bits per heavy atom. The van der Waals surface area contributed by atoms with Crippen LogP contribution in [0.4, 0.5) is 11.5 Å². The quantitative estimate of drug-likeness (QED) is 0.528. The third-order valence-corrected chi connectivity index (χ3v) is 2.28. The van der Waals surface area contributed by atoms with Gasteiger partial charge in [-0.25, -0.2) is 10.8 Å². The van der Waals surface area contributed by atoms with E-state index >= 15 is 0 Å². The van der Waals surface area contributed by atoms with Crippen LogP contribution in [0, 0.1) is 0 Å². The molecule has 2 rings (SSSR count). The SMILES string of the molecule is NNc1ccc(N2CCCC2=O)cn1. The highest BCUT2D eigenvalue weighted by Crippen LogP contribution is 2.20. The van der Waals surface area contributed by atoms with Gasteiger partial charge in [-0.3, -0.25) is 4.79 Å². The third-order valence-electron chi connectivity index (χ3n) is 2.28. The maximum Gasteiger partial charge on any atom is 0.227 e. The summed E-state index contributed by atoms with van der Waals surface area (Å²) in [6, 6.07) is 3.59. The number of amides is 1. The molecule has 14 heavy (non-hydrogen) atoms. The van der Waals surface area contributed by atoms with Crippen LogP contribution in [0.3, 0.4) is 0 Å². The van der Waals surface area contributed by atoms with E-state index in [1.54, 1.807) is 17.2 Å². The summed E-state index contributed by atoms with van der Waals surface area (Å²) in [6.07, 6.45) is 3.21. The Kier molecular flexibility index (Phi) is 2.32. The van der Waals surface area contributed by atoms with Gasteiger partial charge in [-0.05, 0) is 18.6 Å². The molecular weight excluding hydrogens is 180 g/mol. The van der Waals surface area contributed by atoms with E-state index in [0.29, 0.717) is 12.2 Å². The highest BCUT2D eigenvalue weighted by Gasteiger charge is 2.21. The van der Waals surface area contributed by atoms with E-state index in [4.69, 9.17) is 5.84 Å². The lowest BCUT2D eigenvalue weighted by molar-refractivity contribution is -0.117. The summed E-state index contributed by atoms with van der Waals surface area (Å²) in [7, 11) is 0. The molecule has 1 aliphatic rings. The average Bonchev–Trinajstić information content (AvgIpc) is 2.65. The molecule has 74 valence electrons. The molecule has 3 N–H and O–H groups in total. The number of carbonyl (C=O) groups excluding carboxylic acids is 1. The minimum absolute atomic E-state index is 0.167. The van der Waals surface area contributed by atoms with Gasteiger partial charge in [0, 0.05) is 13.0 Å². The van der Waals surface area contributed by atoms with Crippen LogP contribution in [0.15, 0.2) is 18.3 Å².